The zero-order valence-corrected chi connectivity index (χ0v) is 17.6. The van der Waals surface area contributed by atoms with Crippen LogP contribution in [0.25, 0.3) is 0 Å². The molecule has 0 aliphatic carbocycles. The minimum absolute atomic E-state index is 0.0141. The van der Waals surface area contributed by atoms with Crippen molar-refractivity contribution in [2.24, 2.45) is 0 Å². The van der Waals surface area contributed by atoms with E-state index in [0.717, 1.165) is 24.7 Å². The van der Waals surface area contributed by atoms with Gasteiger partial charge in [0.2, 0.25) is 0 Å². The standard InChI is InChI=1S/C21H26ClFN6O/c22-17-15-16(5-6-18(17)23)24-21(30)29-13-11-28(12-14-29)20-8-7-19(25-26-20)27-9-3-1-2-4-10-27/h5-8,15H,1-4,9-14H2,(H,24,30). The highest BCUT2D eigenvalue weighted by atomic mass is 35.5. The fraction of sp³-hybridized carbons (Fsp3) is 0.476. The van der Waals surface area contributed by atoms with E-state index in [0.29, 0.717) is 31.9 Å². The summed E-state index contributed by atoms with van der Waals surface area (Å²) in [4.78, 5) is 18.7. The van der Waals surface area contributed by atoms with Crippen molar-refractivity contribution in [1.82, 2.24) is 15.1 Å². The van der Waals surface area contributed by atoms with Crippen LogP contribution in [0, 0.1) is 5.82 Å². The Kier molecular flexibility index (Phi) is 6.52. The van der Waals surface area contributed by atoms with E-state index in [1.54, 1.807) is 4.90 Å². The Morgan fingerprint density at radius 3 is 2.03 bits per heavy atom. The normalized spacial score (nSPS) is 17.6. The Balaban J connectivity index is 1.30. The predicted octanol–water partition coefficient (Wildman–Crippen LogP) is 4.00. The molecule has 0 bridgehead atoms. The molecular weight excluding hydrogens is 407 g/mol. The number of aromatic nitrogens is 2. The van der Waals surface area contributed by atoms with E-state index in [9.17, 15) is 9.18 Å². The van der Waals surface area contributed by atoms with Crippen LogP contribution in [0.1, 0.15) is 25.7 Å². The van der Waals surface area contributed by atoms with Gasteiger partial charge < -0.3 is 20.0 Å². The van der Waals surface area contributed by atoms with Crippen molar-refractivity contribution in [3.05, 3.63) is 41.2 Å². The summed E-state index contributed by atoms with van der Waals surface area (Å²) < 4.78 is 13.3. The number of nitrogens with zero attached hydrogens (tertiary/aromatic N) is 5. The number of anilines is 3. The van der Waals surface area contributed by atoms with Crippen molar-refractivity contribution in [3.63, 3.8) is 0 Å². The van der Waals surface area contributed by atoms with Crippen molar-refractivity contribution in [2.75, 3.05) is 54.4 Å². The minimum Gasteiger partial charge on any atom is -0.355 e. The minimum atomic E-state index is -0.508. The molecule has 1 N–H and O–H groups in total. The van der Waals surface area contributed by atoms with Gasteiger partial charge in [-0.3, -0.25) is 0 Å². The molecule has 1 aromatic heterocycles. The number of benzene rings is 1. The molecule has 0 spiro atoms. The van der Waals surface area contributed by atoms with Gasteiger partial charge in [-0.25, -0.2) is 9.18 Å². The van der Waals surface area contributed by atoms with Crippen LogP contribution in [-0.2, 0) is 0 Å². The first-order valence-electron chi connectivity index (χ1n) is 10.4. The molecule has 2 aliphatic heterocycles. The molecule has 3 heterocycles. The third-order valence-electron chi connectivity index (χ3n) is 5.63. The molecular formula is C21H26ClFN6O. The van der Waals surface area contributed by atoms with Crippen LogP contribution in [0.15, 0.2) is 30.3 Å². The van der Waals surface area contributed by atoms with E-state index in [1.807, 2.05) is 12.1 Å². The van der Waals surface area contributed by atoms with Crippen molar-refractivity contribution in [2.45, 2.75) is 25.7 Å². The average Bonchev–Trinajstić information content (AvgIpc) is 3.06. The maximum absolute atomic E-state index is 13.3. The molecule has 1 aromatic carbocycles. The molecule has 0 unspecified atom stereocenters. The number of piperazine rings is 1. The van der Waals surface area contributed by atoms with Crippen LogP contribution < -0.4 is 15.1 Å². The van der Waals surface area contributed by atoms with Gasteiger partial charge in [-0.05, 0) is 43.2 Å². The first-order valence-corrected chi connectivity index (χ1v) is 10.8. The number of rotatable bonds is 3. The number of urea groups is 1. The molecule has 2 amide bonds. The van der Waals surface area contributed by atoms with Crippen molar-refractivity contribution in [1.29, 1.82) is 0 Å². The highest BCUT2D eigenvalue weighted by Crippen LogP contribution is 2.21. The smallest absolute Gasteiger partial charge is 0.321 e. The molecule has 2 fully saturated rings. The van der Waals surface area contributed by atoms with E-state index in [2.05, 4.69) is 25.3 Å². The fourth-order valence-electron chi connectivity index (χ4n) is 3.87. The highest BCUT2D eigenvalue weighted by Gasteiger charge is 2.23. The maximum atomic E-state index is 13.3. The molecule has 0 atom stereocenters. The summed E-state index contributed by atoms with van der Waals surface area (Å²) in [6.07, 6.45) is 4.98. The van der Waals surface area contributed by atoms with Crippen LogP contribution in [0.3, 0.4) is 0 Å². The Hall–Kier alpha value is -2.61. The first-order chi connectivity index (χ1) is 14.6. The zero-order chi connectivity index (χ0) is 20.9. The molecule has 2 saturated heterocycles. The fourth-order valence-corrected chi connectivity index (χ4v) is 4.05. The van der Waals surface area contributed by atoms with Gasteiger partial charge in [-0.1, -0.05) is 24.4 Å². The third kappa shape index (κ3) is 4.92. The Bertz CT molecular complexity index is 864. The lowest BCUT2D eigenvalue weighted by Gasteiger charge is -2.35. The topological polar surface area (TPSA) is 64.6 Å². The van der Waals surface area contributed by atoms with Crippen molar-refractivity contribution >= 4 is 35.0 Å². The van der Waals surface area contributed by atoms with E-state index in [4.69, 9.17) is 11.6 Å². The molecule has 4 rings (SSSR count). The molecule has 7 nitrogen and oxygen atoms in total. The number of hydrogen-bond donors (Lipinski definition) is 1. The van der Waals surface area contributed by atoms with Crippen LogP contribution in [0.2, 0.25) is 5.02 Å². The Morgan fingerprint density at radius 2 is 1.47 bits per heavy atom. The molecule has 2 aromatic rings. The van der Waals surface area contributed by atoms with Crippen LogP contribution >= 0.6 is 11.6 Å². The Morgan fingerprint density at radius 1 is 0.867 bits per heavy atom. The summed E-state index contributed by atoms with van der Waals surface area (Å²) in [6, 6.07) is 7.99. The summed E-state index contributed by atoms with van der Waals surface area (Å²) in [7, 11) is 0. The number of amides is 2. The first kappa shape index (κ1) is 20.7. The quantitative estimate of drug-likeness (QED) is 0.794. The van der Waals surface area contributed by atoms with Gasteiger partial charge >= 0.3 is 6.03 Å². The second kappa shape index (κ2) is 9.47. The van der Waals surface area contributed by atoms with Crippen LogP contribution in [-0.4, -0.2) is 60.4 Å². The van der Waals surface area contributed by atoms with Gasteiger partial charge in [-0.15, -0.1) is 10.2 Å². The van der Waals surface area contributed by atoms with E-state index in [-0.39, 0.29) is 11.1 Å². The molecule has 30 heavy (non-hydrogen) atoms. The lowest BCUT2D eigenvalue weighted by Crippen LogP contribution is -2.50. The molecule has 2 aliphatic rings. The molecule has 9 heteroatoms. The number of carbonyl (C=O) groups is 1. The lowest BCUT2D eigenvalue weighted by atomic mass is 10.2. The molecule has 160 valence electrons. The van der Waals surface area contributed by atoms with Gasteiger partial charge in [0.1, 0.15) is 5.82 Å². The maximum Gasteiger partial charge on any atom is 0.321 e. The summed E-state index contributed by atoms with van der Waals surface area (Å²) in [5.74, 6) is 1.27. The van der Waals surface area contributed by atoms with E-state index >= 15 is 0 Å². The number of nitrogens with one attached hydrogen (secondary N) is 1. The van der Waals surface area contributed by atoms with Crippen molar-refractivity contribution in [3.8, 4) is 0 Å². The summed E-state index contributed by atoms with van der Waals surface area (Å²) >= 11 is 5.78. The summed E-state index contributed by atoms with van der Waals surface area (Å²) in [5, 5.41) is 11.6. The lowest BCUT2D eigenvalue weighted by molar-refractivity contribution is 0.208. The summed E-state index contributed by atoms with van der Waals surface area (Å²) in [5.41, 5.74) is 0.476. The largest absolute Gasteiger partial charge is 0.355 e. The third-order valence-corrected chi connectivity index (χ3v) is 5.92. The van der Waals surface area contributed by atoms with Gasteiger partial charge in [0.15, 0.2) is 11.6 Å². The van der Waals surface area contributed by atoms with Crippen LogP contribution in [0.5, 0.6) is 0 Å². The van der Waals surface area contributed by atoms with Crippen LogP contribution in [0.4, 0.5) is 26.5 Å². The van der Waals surface area contributed by atoms with E-state index in [1.165, 1.54) is 43.9 Å². The van der Waals surface area contributed by atoms with Crippen molar-refractivity contribution < 1.29 is 9.18 Å². The molecule has 0 radical (unpaired) electrons. The van der Waals surface area contributed by atoms with Gasteiger partial charge in [0, 0.05) is 45.0 Å². The second-order valence-corrected chi connectivity index (χ2v) is 8.09. The van der Waals surface area contributed by atoms with Gasteiger partial charge in [0.25, 0.3) is 0 Å². The van der Waals surface area contributed by atoms with E-state index < -0.39 is 5.82 Å². The Labute approximate surface area is 180 Å². The monoisotopic (exact) mass is 432 g/mol. The average molecular weight is 433 g/mol. The number of halogens is 2. The number of carbonyl (C=O) groups excluding carboxylic acids is 1. The zero-order valence-electron chi connectivity index (χ0n) is 16.9. The predicted molar refractivity (Wildman–Crippen MR) is 117 cm³/mol. The molecule has 0 saturated carbocycles. The second-order valence-electron chi connectivity index (χ2n) is 7.68. The summed E-state index contributed by atoms with van der Waals surface area (Å²) in [6.45, 7) is 4.57. The number of hydrogen-bond acceptors (Lipinski definition) is 5. The highest BCUT2D eigenvalue weighted by molar-refractivity contribution is 6.31. The van der Waals surface area contributed by atoms with Gasteiger partial charge in [-0.2, -0.15) is 0 Å². The van der Waals surface area contributed by atoms with Gasteiger partial charge in [0.05, 0.1) is 5.02 Å². The SMILES string of the molecule is O=C(Nc1ccc(F)c(Cl)c1)N1CCN(c2ccc(N3CCCCCC3)nn2)CC1.